The Hall–Kier alpha value is -2.02. The van der Waals surface area contributed by atoms with Crippen LogP contribution in [0.3, 0.4) is 0 Å². The first-order chi connectivity index (χ1) is 11.7. The molecule has 1 fully saturated rings. The van der Waals surface area contributed by atoms with Gasteiger partial charge in [-0.05, 0) is 58.7 Å². The fourth-order valence-electron chi connectivity index (χ4n) is 2.90. The lowest BCUT2D eigenvalue weighted by atomic mass is 9.96. The van der Waals surface area contributed by atoms with Crippen molar-refractivity contribution in [1.82, 2.24) is 20.5 Å². The second-order valence-electron chi connectivity index (χ2n) is 7.58. The molecule has 2 N–H and O–H groups in total. The molecule has 0 radical (unpaired) electrons. The van der Waals surface area contributed by atoms with E-state index in [0.717, 1.165) is 32.1 Å². The highest BCUT2D eigenvalue weighted by Gasteiger charge is 2.23. The first-order valence-corrected chi connectivity index (χ1v) is 8.65. The van der Waals surface area contributed by atoms with E-state index in [-0.39, 0.29) is 17.0 Å². The topological polar surface area (TPSA) is 74.3 Å². The number of halogens is 1. The van der Waals surface area contributed by atoms with Crippen LogP contribution in [-0.4, -0.2) is 53.4 Å². The maximum Gasteiger partial charge on any atom is 0.254 e. The molecule has 7 heteroatoms. The van der Waals surface area contributed by atoms with Gasteiger partial charge in [-0.25, -0.2) is 4.39 Å². The van der Waals surface area contributed by atoms with Gasteiger partial charge in [0.1, 0.15) is 0 Å². The van der Waals surface area contributed by atoms with Crippen LogP contribution in [0.4, 0.5) is 4.39 Å². The molecule has 1 saturated heterocycles. The quantitative estimate of drug-likeness (QED) is 0.845. The molecule has 0 unspecified atom stereocenters. The zero-order valence-electron chi connectivity index (χ0n) is 15.1. The van der Waals surface area contributed by atoms with E-state index in [1.807, 2.05) is 20.8 Å². The molecule has 138 valence electrons. The van der Waals surface area contributed by atoms with Gasteiger partial charge < -0.3 is 10.6 Å². The number of rotatable bonds is 5. The van der Waals surface area contributed by atoms with Crippen molar-refractivity contribution < 1.29 is 14.0 Å². The SMILES string of the molecule is CC(C)(C)NC(=O)CN1CCC(CNC(=O)c2ccncc2F)CC1. The third-order valence-electron chi connectivity index (χ3n) is 4.16. The summed E-state index contributed by atoms with van der Waals surface area (Å²) in [6, 6.07) is 1.38. The molecular weight excluding hydrogens is 323 g/mol. The van der Waals surface area contributed by atoms with Gasteiger partial charge in [-0.15, -0.1) is 0 Å². The number of piperidine rings is 1. The molecule has 0 bridgehead atoms. The van der Waals surface area contributed by atoms with Crippen LogP contribution in [0.5, 0.6) is 0 Å². The summed E-state index contributed by atoms with van der Waals surface area (Å²) in [5.74, 6) is -0.644. The summed E-state index contributed by atoms with van der Waals surface area (Å²) in [5, 5.41) is 5.75. The molecule has 2 heterocycles. The minimum absolute atomic E-state index is 0.0197. The zero-order chi connectivity index (χ0) is 18.4. The van der Waals surface area contributed by atoms with E-state index < -0.39 is 11.7 Å². The van der Waals surface area contributed by atoms with Gasteiger partial charge >= 0.3 is 0 Å². The maximum atomic E-state index is 13.5. The molecule has 0 spiro atoms. The highest BCUT2D eigenvalue weighted by molar-refractivity contribution is 5.94. The average Bonchev–Trinajstić information content (AvgIpc) is 2.52. The first kappa shape index (κ1) is 19.3. The number of amides is 2. The van der Waals surface area contributed by atoms with E-state index in [4.69, 9.17) is 0 Å². The van der Waals surface area contributed by atoms with Crippen molar-refractivity contribution in [3.05, 3.63) is 29.8 Å². The molecule has 0 aromatic carbocycles. The van der Waals surface area contributed by atoms with Crippen LogP contribution in [0.2, 0.25) is 0 Å². The Morgan fingerprint density at radius 2 is 2.00 bits per heavy atom. The van der Waals surface area contributed by atoms with E-state index >= 15 is 0 Å². The first-order valence-electron chi connectivity index (χ1n) is 8.65. The lowest BCUT2D eigenvalue weighted by Gasteiger charge is -2.32. The number of carbonyl (C=O) groups excluding carboxylic acids is 2. The normalized spacial score (nSPS) is 16.5. The number of likely N-dealkylation sites (tertiary alicyclic amines) is 1. The van der Waals surface area contributed by atoms with Crippen LogP contribution in [0.15, 0.2) is 18.5 Å². The number of hydrogen-bond donors (Lipinski definition) is 2. The summed E-state index contributed by atoms with van der Waals surface area (Å²) in [4.78, 5) is 29.7. The lowest BCUT2D eigenvalue weighted by Crippen LogP contribution is -2.48. The van der Waals surface area contributed by atoms with Crippen molar-refractivity contribution in [2.75, 3.05) is 26.2 Å². The second-order valence-corrected chi connectivity index (χ2v) is 7.58. The summed E-state index contributed by atoms with van der Waals surface area (Å²) in [7, 11) is 0. The Bertz CT molecular complexity index is 607. The number of pyridine rings is 1. The van der Waals surface area contributed by atoms with Gasteiger partial charge in [0.25, 0.3) is 5.91 Å². The van der Waals surface area contributed by atoms with Gasteiger partial charge in [0, 0.05) is 18.3 Å². The number of nitrogens with one attached hydrogen (secondary N) is 2. The Morgan fingerprint density at radius 3 is 2.60 bits per heavy atom. The fraction of sp³-hybridized carbons (Fsp3) is 0.611. The van der Waals surface area contributed by atoms with Gasteiger partial charge in [-0.3, -0.25) is 19.5 Å². The molecule has 25 heavy (non-hydrogen) atoms. The molecule has 2 rings (SSSR count). The highest BCUT2D eigenvalue weighted by atomic mass is 19.1. The van der Waals surface area contributed by atoms with Crippen molar-refractivity contribution in [3.63, 3.8) is 0 Å². The van der Waals surface area contributed by atoms with Crippen molar-refractivity contribution in [2.24, 2.45) is 5.92 Å². The van der Waals surface area contributed by atoms with Crippen LogP contribution in [0.1, 0.15) is 44.0 Å². The second kappa shape index (κ2) is 8.38. The maximum absolute atomic E-state index is 13.5. The minimum atomic E-state index is -0.611. The summed E-state index contributed by atoms with van der Waals surface area (Å²) < 4.78 is 13.5. The van der Waals surface area contributed by atoms with E-state index in [1.165, 1.54) is 12.3 Å². The van der Waals surface area contributed by atoms with Gasteiger partial charge in [0.2, 0.25) is 5.91 Å². The monoisotopic (exact) mass is 350 g/mol. The van der Waals surface area contributed by atoms with Crippen LogP contribution in [-0.2, 0) is 4.79 Å². The van der Waals surface area contributed by atoms with Crippen LogP contribution in [0.25, 0.3) is 0 Å². The number of hydrogen-bond acceptors (Lipinski definition) is 4. The summed E-state index contributed by atoms with van der Waals surface area (Å²) in [6.45, 7) is 8.45. The molecule has 1 aliphatic heterocycles. The van der Waals surface area contributed by atoms with Crippen LogP contribution >= 0.6 is 0 Å². The Morgan fingerprint density at radius 1 is 1.32 bits per heavy atom. The Kier molecular flexibility index (Phi) is 6.47. The lowest BCUT2D eigenvalue weighted by molar-refractivity contribution is -0.124. The molecule has 2 amide bonds. The summed E-state index contributed by atoms with van der Waals surface area (Å²) >= 11 is 0. The van der Waals surface area contributed by atoms with E-state index in [2.05, 4.69) is 20.5 Å². The third-order valence-corrected chi connectivity index (χ3v) is 4.16. The minimum Gasteiger partial charge on any atom is -0.352 e. The molecule has 1 aliphatic rings. The molecule has 0 aliphatic carbocycles. The van der Waals surface area contributed by atoms with Crippen molar-refractivity contribution in [3.8, 4) is 0 Å². The largest absolute Gasteiger partial charge is 0.352 e. The summed E-state index contributed by atoms with van der Waals surface area (Å²) in [5.41, 5.74) is -0.201. The fourth-order valence-corrected chi connectivity index (χ4v) is 2.90. The van der Waals surface area contributed by atoms with E-state index in [9.17, 15) is 14.0 Å². The Balaban J connectivity index is 1.71. The van der Waals surface area contributed by atoms with Gasteiger partial charge in [-0.1, -0.05) is 0 Å². The Labute approximate surface area is 148 Å². The number of carbonyl (C=O) groups is 2. The highest BCUT2D eigenvalue weighted by Crippen LogP contribution is 2.16. The van der Waals surface area contributed by atoms with Crippen molar-refractivity contribution in [2.45, 2.75) is 39.2 Å². The predicted octanol–water partition coefficient (Wildman–Crippen LogP) is 1.58. The zero-order valence-corrected chi connectivity index (χ0v) is 15.1. The van der Waals surface area contributed by atoms with Gasteiger partial charge in [0.05, 0.1) is 18.3 Å². The molecule has 1 aromatic heterocycles. The van der Waals surface area contributed by atoms with E-state index in [1.54, 1.807) is 0 Å². The van der Waals surface area contributed by atoms with Crippen LogP contribution < -0.4 is 10.6 Å². The number of nitrogens with zero attached hydrogens (tertiary/aromatic N) is 2. The average molecular weight is 350 g/mol. The molecule has 0 saturated carbocycles. The third kappa shape index (κ3) is 6.42. The van der Waals surface area contributed by atoms with Crippen LogP contribution in [0, 0.1) is 11.7 Å². The van der Waals surface area contributed by atoms with Gasteiger partial charge in [0.15, 0.2) is 5.82 Å². The smallest absolute Gasteiger partial charge is 0.254 e. The van der Waals surface area contributed by atoms with Gasteiger partial charge in [-0.2, -0.15) is 0 Å². The summed E-state index contributed by atoms with van der Waals surface area (Å²) in [6.07, 6.45) is 4.25. The van der Waals surface area contributed by atoms with Crippen molar-refractivity contribution >= 4 is 11.8 Å². The van der Waals surface area contributed by atoms with Crippen molar-refractivity contribution in [1.29, 1.82) is 0 Å². The molecule has 1 aromatic rings. The van der Waals surface area contributed by atoms with E-state index in [0.29, 0.717) is 19.0 Å². The molecular formula is C18H27FN4O2. The molecule has 6 nitrogen and oxygen atoms in total. The number of aromatic nitrogens is 1. The predicted molar refractivity (Wildman–Crippen MR) is 93.6 cm³/mol. The standard InChI is InChI=1S/C18H27FN4O2/c1-18(2,3)22-16(24)12-23-8-5-13(6-9-23)10-21-17(25)14-4-7-20-11-15(14)19/h4,7,11,13H,5-6,8-10,12H2,1-3H3,(H,21,25)(H,22,24). The molecule has 0 atom stereocenters.